The molecular weight excluding hydrogens is 432 g/mol. The molecule has 3 aliphatic rings. The first-order chi connectivity index (χ1) is 16.5. The van der Waals surface area contributed by atoms with Crippen LogP contribution in [0.3, 0.4) is 0 Å². The summed E-state index contributed by atoms with van der Waals surface area (Å²) in [6, 6.07) is 15.8. The molecule has 0 aromatic heterocycles. The molecule has 0 radical (unpaired) electrons. The van der Waals surface area contributed by atoms with E-state index < -0.39 is 18.0 Å². The van der Waals surface area contributed by atoms with Gasteiger partial charge >= 0.3 is 12.1 Å². The molecule has 2 bridgehead atoms. The van der Waals surface area contributed by atoms with Gasteiger partial charge in [-0.2, -0.15) is 0 Å². The number of rotatable bonds is 7. The van der Waals surface area contributed by atoms with Gasteiger partial charge < -0.3 is 20.1 Å². The summed E-state index contributed by atoms with van der Waals surface area (Å²) in [7, 11) is 0. The fraction of sp³-hybridized carbons (Fsp3) is 0.444. The molecule has 2 amide bonds. The van der Waals surface area contributed by atoms with E-state index in [0.717, 1.165) is 24.0 Å². The number of aliphatic carboxylic acids is 1. The van der Waals surface area contributed by atoms with Gasteiger partial charge in [0.15, 0.2) is 0 Å². The second-order valence-electron chi connectivity index (χ2n) is 9.56. The van der Waals surface area contributed by atoms with E-state index >= 15 is 0 Å². The lowest BCUT2D eigenvalue weighted by Crippen LogP contribution is -2.43. The van der Waals surface area contributed by atoms with Crippen LogP contribution >= 0.6 is 0 Å². The summed E-state index contributed by atoms with van der Waals surface area (Å²) in [5.41, 5.74) is 4.64. The quantitative estimate of drug-likeness (QED) is 0.644. The highest BCUT2D eigenvalue weighted by molar-refractivity contribution is 5.82. The van der Waals surface area contributed by atoms with Crippen molar-refractivity contribution in [2.45, 2.75) is 63.1 Å². The number of hydrogen-bond donors (Lipinski definition) is 2. The number of fused-ring (bicyclic) bond motifs is 5. The van der Waals surface area contributed by atoms with Crippen LogP contribution in [0.25, 0.3) is 11.1 Å². The van der Waals surface area contributed by atoms with Gasteiger partial charge in [-0.25, -0.2) is 4.79 Å². The van der Waals surface area contributed by atoms with Crippen LogP contribution in [-0.4, -0.2) is 52.7 Å². The van der Waals surface area contributed by atoms with Crippen molar-refractivity contribution in [3.05, 3.63) is 59.7 Å². The lowest BCUT2D eigenvalue weighted by molar-refractivity contribution is -0.143. The van der Waals surface area contributed by atoms with Gasteiger partial charge in [0.1, 0.15) is 6.61 Å². The topological polar surface area (TPSA) is 95.9 Å². The van der Waals surface area contributed by atoms with E-state index in [9.17, 15) is 19.5 Å². The zero-order valence-corrected chi connectivity index (χ0v) is 19.3. The Morgan fingerprint density at radius 2 is 1.71 bits per heavy atom. The molecule has 0 saturated carbocycles. The monoisotopic (exact) mass is 462 g/mol. The molecule has 5 rings (SSSR count). The largest absolute Gasteiger partial charge is 0.481 e. The second-order valence-corrected chi connectivity index (χ2v) is 9.56. The van der Waals surface area contributed by atoms with E-state index in [1.54, 1.807) is 4.90 Å². The van der Waals surface area contributed by atoms with E-state index in [4.69, 9.17) is 4.74 Å². The third-order valence-electron chi connectivity index (χ3n) is 7.72. The molecule has 2 saturated heterocycles. The third kappa shape index (κ3) is 3.93. The summed E-state index contributed by atoms with van der Waals surface area (Å²) in [6.45, 7) is 2.14. The van der Waals surface area contributed by atoms with Crippen molar-refractivity contribution in [3.8, 4) is 11.1 Å². The first-order valence-corrected chi connectivity index (χ1v) is 12.1. The summed E-state index contributed by atoms with van der Waals surface area (Å²) in [4.78, 5) is 38.9. The number of nitrogens with one attached hydrogen (secondary N) is 1. The van der Waals surface area contributed by atoms with E-state index in [1.807, 2.05) is 31.2 Å². The van der Waals surface area contributed by atoms with Crippen LogP contribution in [0.5, 0.6) is 0 Å². The van der Waals surface area contributed by atoms with Gasteiger partial charge in [-0.1, -0.05) is 55.5 Å². The van der Waals surface area contributed by atoms with Gasteiger partial charge in [-0.15, -0.1) is 0 Å². The van der Waals surface area contributed by atoms with E-state index in [0.29, 0.717) is 12.8 Å². The Hall–Kier alpha value is -3.35. The molecule has 2 aromatic rings. The van der Waals surface area contributed by atoms with Crippen molar-refractivity contribution in [3.63, 3.8) is 0 Å². The van der Waals surface area contributed by atoms with Gasteiger partial charge in [0.25, 0.3) is 0 Å². The van der Waals surface area contributed by atoms with Crippen LogP contribution in [0, 0.1) is 5.92 Å². The minimum atomic E-state index is -0.825. The predicted octanol–water partition coefficient (Wildman–Crippen LogP) is 4.16. The highest BCUT2D eigenvalue weighted by Crippen LogP contribution is 2.45. The van der Waals surface area contributed by atoms with Gasteiger partial charge in [0.2, 0.25) is 5.91 Å². The van der Waals surface area contributed by atoms with Gasteiger partial charge in [-0.3, -0.25) is 9.59 Å². The third-order valence-corrected chi connectivity index (χ3v) is 7.72. The summed E-state index contributed by atoms with van der Waals surface area (Å²) < 4.78 is 5.63. The number of amides is 2. The first kappa shape index (κ1) is 22.4. The minimum absolute atomic E-state index is 0.00515. The molecule has 4 atom stereocenters. The van der Waals surface area contributed by atoms with Crippen LogP contribution in [-0.2, 0) is 14.3 Å². The first-order valence-electron chi connectivity index (χ1n) is 12.1. The Kier molecular flexibility index (Phi) is 6.02. The molecular formula is C27H30N2O5. The van der Waals surface area contributed by atoms with Crippen LogP contribution in [0.4, 0.5) is 4.79 Å². The Balaban J connectivity index is 1.19. The zero-order chi connectivity index (χ0) is 23.8. The molecule has 2 heterocycles. The maximum absolute atomic E-state index is 13.0. The van der Waals surface area contributed by atoms with Crippen molar-refractivity contribution < 1.29 is 24.2 Å². The van der Waals surface area contributed by atoms with Crippen LogP contribution in [0.2, 0.25) is 0 Å². The molecule has 0 spiro atoms. The van der Waals surface area contributed by atoms with Gasteiger partial charge in [0.05, 0.1) is 5.92 Å². The fourth-order valence-corrected chi connectivity index (χ4v) is 6.06. The maximum Gasteiger partial charge on any atom is 0.407 e. The molecule has 0 unspecified atom stereocenters. The van der Waals surface area contributed by atoms with E-state index in [2.05, 4.69) is 29.6 Å². The molecule has 2 aromatic carbocycles. The van der Waals surface area contributed by atoms with Gasteiger partial charge in [0, 0.05) is 30.5 Å². The molecule has 7 heteroatoms. The van der Waals surface area contributed by atoms with Crippen molar-refractivity contribution >= 4 is 18.0 Å². The summed E-state index contributed by atoms with van der Waals surface area (Å²) in [5, 5.41) is 12.3. The average Bonchev–Trinajstić information content (AvgIpc) is 3.52. The van der Waals surface area contributed by atoms with Crippen molar-refractivity contribution in [2.24, 2.45) is 5.92 Å². The summed E-state index contributed by atoms with van der Waals surface area (Å²) in [6.07, 6.45) is 2.33. The van der Waals surface area contributed by atoms with Crippen molar-refractivity contribution in [1.29, 1.82) is 0 Å². The Morgan fingerprint density at radius 1 is 1.06 bits per heavy atom. The number of carboxylic acid groups (broad SMARTS) is 1. The normalized spacial score (nSPS) is 23.3. The van der Waals surface area contributed by atoms with Crippen LogP contribution in [0.15, 0.2) is 48.5 Å². The SMILES string of the molecule is CC[C@@H](CC(=O)N1[C@@H]2CC[C@H]1[C@@H](C(=O)O)C2)NC(=O)OCC1c2ccccc2-c2ccccc21. The number of nitrogens with zero attached hydrogens (tertiary/aromatic N) is 1. The molecule has 7 nitrogen and oxygen atoms in total. The van der Waals surface area contributed by atoms with Gasteiger partial charge in [-0.05, 0) is 47.9 Å². The lowest BCUT2D eigenvalue weighted by Gasteiger charge is -2.26. The Bertz CT molecular complexity index is 1070. The fourth-order valence-electron chi connectivity index (χ4n) is 6.06. The Morgan fingerprint density at radius 3 is 2.29 bits per heavy atom. The van der Waals surface area contributed by atoms with Crippen LogP contribution in [0.1, 0.15) is 56.1 Å². The van der Waals surface area contributed by atoms with Crippen molar-refractivity contribution in [1.82, 2.24) is 10.2 Å². The number of hydrogen-bond acceptors (Lipinski definition) is 4. The molecule has 2 N–H and O–H groups in total. The standard InChI is InChI=1S/C27H30N2O5/c1-2-16(13-25(30)29-17-11-12-24(29)22(14-17)26(31)32)28-27(33)34-15-23-20-9-5-3-7-18(20)19-8-4-6-10-21(19)23/h3-10,16-17,22-24H,2,11-15H2,1H3,(H,28,33)(H,31,32)/t16-,17+,22-,24-/m0/s1. The molecule has 178 valence electrons. The van der Waals surface area contributed by atoms with Crippen LogP contribution < -0.4 is 5.32 Å². The molecule has 1 aliphatic carbocycles. The predicted molar refractivity (Wildman–Crippen MR) is 126 cm³/mol. The zero-order valence-electron chi connectivity index (χ0n) is 19.3. The minimum Gasteiger partial charge on any atom is -0.481 e. The second kappa shape index (κ2) is 9.12. The highest BCUT2D eigenvalue weighted by atomic mass is 16.5. The molecule has 2 fully saturated rings. The van der Waals surface area contributed by atoms with E-state index in [1.165, 1.54) is 11.1 Å². The Labute approximate surface area is 199 Å². The lowest BCUT2D eigenvalue weighted by atomic mass is 9.89. The molecule has 34 heavy (non-hydrogen) atoms. The average molecular weight is 463 g/mol. The highest BCUT2D eigenvalue weighted by Gasteiger charge is 2.51. The smallest absolute Gasteiger partial charge is 0.407 e. The van der Waals surface area contributed by atoms with E-state index in [-0.39, 0.29) is 43.0 Å². The summed E-state index contributed by atoms with van der Waals surface area (Å²) in [5.74, 6) is -1.40. The number of alkyl carbamates (subject to hydrolysis) is 1. The number of benzene rings is 2. The van der Waals surface area contributed by atoms with Crippen molar-refractivity contribution in [2.75, 3.05) is 6.61 Å². The summed E-state index contributed by atoms with van der Waals surface area (Å²) >= 11 is 0. The number of ether oxygens (including phenoxy) is 1. The number of carbonyl (C=O) groups excluding carboxylic acids is 2. The molecule has 2 aliphatic heterocycles. The maximum atomic E-state index is 13.0. The number of carbonyl (C=O) groups is 3. The number of carboxylic acids is 1.